The first-order valence-corrected chi connectivity index (χ1v) is 8.46. The van der Waals surface area contributed by atoms with E-state index in [-0.39, 0.29) is 0 Å². The fourth-order valence-electron chi connectivity index (χ4n) is 2.95. The molecule has 0 bridgehead atoms. The molecule has 0 atom stereocenters. The molecule has 2 heterocycles. The molecule has 0 aliphatic heterocycles. The maximum Gasteiger partial charge on any atom is 0.206 e. The summed E-state index contributed by atoms with van der Waals surface area (Å²) in [5, 5.41) is 1.07. The van der Waals surface area contributed by atoms with Gasteiger partial charge in [-0.1, -0.05) is 48.5 Å². The molecule has 0 radical (unpaired) electrons. The summed E-state index contributed by atoms with van der Waals surface area (Å²) >= 11 is 0. The molecular formula is C22H18N4. The van der Waals surface area contributed by atoms with Crippen LogP contribution in [0, 0.1) is 25.7 Å². The van der Waals surface area contributed by atoms with Crippen LogP contribution in [0.15, 0.2) is 54.7 Å². The average molecular weight is 338 g/mol. The molecule has 4 rings (SSSR count). The molecule has 0 saturated carbocycles. The first-order chi connectivity index (χ1) is 12.6. The van der Waals surface area contributed by atoms with Gasteiger partial charge in [0.05, 0.1) is 11.2 Å². The lowest BCUT2D eigenvalue weighted by atomic mass is 10.1. The van der Waals surface area contributed by atoms with Gasteiger partial charge in [-0.3, -0.25) is 0 Å². The number of aryl methyl sites for hydroxylation is 3. The van der Waals surface area contributed by atoms with E-state index in [0.29, 0.717) is 11.6 Å². The third-order valence-electron chi connectivity index (χ3n) is 4.35. The predicted octanol–water partition coefficient (Wildman–Crippen LogP) is 4.05. The fraction of sp³-hybridized carbons (Fsp3) is 0.136. The molecule has 4 aromatic rings. The molecule has 2 aromatic carbocycles. The van der Waals surface area contributed by atoms with Crippen molar-refractivity contribution in [3.05, 3.63) is 77.6 Å². The van der Waals surface area contributed by atoms with Crippen LogP contribution in [-0.4, -0.2) is 19.5 Å². The molecule has 0 saturated heterocycles. The molecule has 4 nitrogen and oxygen atoms in total. The first kappa shape index (κ1) is 16.0. The van der Waals surface area contributed by atoms with E-state index < -0.39 is 0 Å². The van der Waals surface area contributed by atoms with E-state index in [2.05, 4.69) is 39.8 Å². The highest BCUT2D eigenvalue weighted by Gasteiger charge is 2.07. The van der Waals surface area contributed by atoms with Gasteiger partial charge in [0.1, 0.15) is 0 Å². The van der Waals surface area contributed by atoms with Crippen molar-refractivity contribution in [2.45, 2.75) is 13.8 Å². The molecule has 0 aliphatic carbocycles. The Bertz CT molecular complexity index is 1160. The number of nitrogens with zero attached hydrogens (tertiary/aromatic N) is 4. The maximum atomic E-state index is 4.63. The Morgan fingerprint density at radius 3 is 2.46 bits per heavy atom. The van der Waals surface area contributed by atoms with E-state index in [1.807, 2.05) is 67.2 Å². The number of fused-ring (bicyclic) bond motifs is 1. The number of hydrogen-bond acceptors (Lipinski definition) is 3. The minimum absolute atomic E-state index is 0.522. The second-order valence-electron chi connectivity index (χ2n) is 6.28. The van der Waals surface area contributed by atoms with Crippen LogP contribution in [0.3, 0.4) is 0 Å². The van der Waals surface area contributed by atoms with Gasteiger partial charge >= 0.3 is 0 Å². The highest BCUT2D eigenvalue weighted by atomic mass is 15.0. The van der Waals surface area contributed by atoms with E-state index in [4.69, 9.17) is 0 Å². The van der Waals surface area contributed by atoms with Crippen LogP contribution in [-0.2, 0) is 7.05 Å². The Labute approximate surface area is 152 Å². The lowest BCUT2D eigenvalue weighted by Gasteiger charge is -2.04. The first-order valence-electron chi connectivity index (χ1n) is 8.46. The lowest BCUT2D eigenvalue weighted by Crippen LogP contribution is -1.97. The summed E-state index contributed by atoms with van der Waals surface area (Å²) in [6.07, 6.45) is 1.98. The average Bonchev–Trinajstić information content (AvgIpc) is 3.02. The van der Waals surface area contributed by atoms with Crippen molar-refractivity contribution in [2.24, 2.45) is 7.05 Å². The number of hydrogen-bond donors (Lipinski definition) is 0. The highest BCUT2D eigenvalue weighted by Crippen LogP contribution is 2.19. The molecule has 126 valence electrons. The molecule has 4 heteroatoms. The van der Waals surface area contributed by atoms with Gasteiger partial charge in [-0.25, -0.2) is 15.0 Å². The Balaban J connectivity index is 1.74. The monoisotopic (exact) mass is 338 g/mol. The largest absolute Gasteiger partial charge is 0.327 e. The Hall–Kier alpha value is -3.45. The van der Waals surface area contributed by atoms with Gasteiger partial charge in [-0.15, -0.1) is 0 Å². The summed E-state index contributed by atoms with van der Waals surface area (Å²) in [5.74, 6) is 7.39. The molecule has 2 aromatic heterocycles. The van der Waals surface area contributed by atoms with Crippen LogP contribution in [0.25, 0.3) is 22.2 Å². The topological polar surface area (TPSA) is 43.6 Å². The van der Waals surface area contributed by atoms with Crippen molar-refractivity contribution in [3.63, 3.8) is 0 Å². The number of benzene rings is 2. The molecular weight excluding hydrogens is 320 g/mol. The van der Waals surface area contributed by atoms with Crippen LogP contribution < -0.4 is 0 Å². The van der Waals surface area contributed by atoms with Crippen molar-refractivity contribution < 1.29 is 0 Å². The van der Waals surface area contributed by atoms with E-state index in [0.717, 1.165) is 33.4 Å². The normalized spacial score (nSPS) is 10.6. The van der Waals surface area contributed by atoms with E-state index in [9.17, 15) is 0 Å². The molecule has 0 aliphatic rings. The molecule has 26 heavy (non-hydrogen) atoms. The third kappa shape index (κ3) is 2.96. The second kappa shape index (κ2) is 6.45. The smallest absolute Gasteiger partial charge is 0.206 e. The van der Waals surface area contributed by atoms with Gasteiger partial charge in [0.2, 0.25) is 5.82 Å². The Morgan fingerprint density at radius 2 is 1.65 bits per heavy atom. The minimum Gasteiger partial charge on any atom is -0.327 e. The van der Waals surface area contributed by atoms with Crippen LogP contribution in [0.2, 0.25) is 0 Å². The van der Waals surface area contributed by atoms with Crippen LogP contribution in [0.4, 0.5) is 0 Å². The number of rotatable bonds is 1. The minimum atomic E-state index is 0.522. The summed E-state index contributed by atoms with van der Waals surface area (Å²) < 4.78 is 1.93. The van der Waals surface area contributed by atoms with E-state index >= 15 is 0 Å². The van der Waals surface area contributed by atoms with Gasteiger partial charge in [0, 0.05) is 29.9 Å². The molecule has 0 unspecified atom stereocenters. The quantitative estimate of drug-likeness (QED) is 0.492. The second-order valence-corrected chi connectivity index (χ2v) is 6.28. The van der Waals surface area contributed by atoms with E-state index in [1.165, 1.54) is 0 Å². The Kier molecular flexibility index (Phi) is 3.98. The van der Waals surface area contributed by atoms with Crippen molar-refractivity contribution in [1.29, 1.82) is 0 Å². The fourth-order valence-corrected chi connectivity index (χ4v) is 2.95. The predicted molar refractivity (Wildman–Crippen MR) is 104 cm³/mol. The van der Waals surface area contributed by atoms with Crippen LogP contribution in [0.5, 0.6) is 0 Å². The van der Waals surface area contributed by atoms with Gasteiger partial charge in [0.25, 0.3) is 0 Å². The number of aromatic nitrogens is 4. The molecule has 0 fully saturated rings. The van der Waals surface area contributed by atoms with Crippen molar-refractivity contribution in [2.75, 3.05) is 0 Å². The number of para-hydroxylation sites is 1. The summed E-state index contributed by atoms with van der Waals surface area (Å²) in [6, 6.07) is 16.2. The maximum absolute atomic E-state index is 4.63. The lowest BCUT2D eigenvalue weighted by molar-refractivity contribution is 0.893. The molecule has 0 spiro atoms. The van der Waals surface area contributed by atoms with Crippen LogP contribution in [0.1, 0.15) is 22.9 Å². The number of imidazole rings is 1. The van der Waals surface area contributed by atoms with Crippen LogP contribution >= 0.6 is 0 Å². The SMILES string of the molecule is Cc1nc(C#Cc2nc(-c3ccccc3)cn2C)nc2c(C)cccc12. The summed E-state index contributed by atoms with van der Waals surface area (Å²) in [4.78, 5) is 13.8. The van der Waals surface area contributed by atoms with Gasteiger partial charge in [0.15, 0.2) is 5.82 Å². The summed E-state index contributed by atoms with van der Waals surface area (Å²) in [7, 11) is 1.94. The zero-order valence-electron chi connectivity index (χ0n) is 15.0. The standard InChI is InChI=1S/C22H18N4/c1-15-8-7-11-18-16(2)23-20(25-22(15)18)12-13-21-24-19(14-26(21)3)17-9-5-4-6-10-17/h4-11,14H,1-3H3. The third-order valence-corrected chi connectivity index (χ3v) is 4.35. The summed E-state index contributed by atoms with van der Waals surface area (Å²) in [5.41, 5.74) is 5.00. The van der Waals surface area contributed by atoms with Gasteiger partial charge < -0.3 is 4.57 Å². The van der Waals surface area contributed by atoms with Crippen molar-refractivity contribution in [3.8, 4) is 23.1 Å². The zero-order valence-corrected chi connectivity index (χ0v) is 15.0. The van der Waals surface area contributed by atoms with Crippen molar-refractivity contribution in [1.82, 2.24) is 19.5 Å². The van der Waals surface area contributed by atoms with Gasteiger partial charge in [-0.05, 0) is 31.3 Å². The highest BCUT2D eigenvalue weighted by molar-refractivity contribution is 5.83. The van der Waals surface area contributed by atoms with E-state index in [1.54, 1.807) is 0 Å². The zero-order chi connectivity index (χ0) is 18.1. The van der Waals surface area contributed by atoms with Gasteiger partial charge in [-0.2, -0.15) is 0 Å². The Morgan fingerprint density at radius 1 is 0.846 bits per heavy atom. The summed E-state index contributed by atoms with van der Waals surface area (Å²) in [6.45, 7) is 4.04. The molecule has 0 N–H and O–H groups in total. The molecule has 0 amide bonds. The van der Waals surface area contributed by atoms with Crippen molar-refractivity contribution >= 4 is 10.9 Å².